The fourth-order valence-corrected chi connectivity index (χ4v) is 1.18. The monoisotopic (exact) mass is 245 g/mol. The Bertz CT molecular complexity index is 382. The van der Waals surface area contributed by atoms with Gasteiger partial charge in [0, 0.05) is 0 Å². The Balaban J connectivity index is 2.63. The van der Waals surface area contributed by atoms with Gasteiger partial charge in [-0.05, 0) is 18.1 Å². The van der Waals surface area contributed by atoms with Crippen molar-refractivity contribution in [3.8, 4) is 0 Å². The molecular formula is C11H13ClFNO2. The minimum atomic E-state index is -0.741. The maximum atomic E-state index is 13.4. The summed E-state index contributed by atoms with van der Waals surface area (Å²) in [6, 6.07) is 4.22. The number of halogens is 2. The minimum Gasteiger partial charge on any atom is -0.273 e. The van der Waals surface area contributed by atoms with Gasteiger partial charge in [0.25, 0.3) is 5.91 Å². The highest BCUT2D eigenvalue weighted by Crippen LogP contribution is 2.17. The van der Waals surface area contributed by atoms with Gasteiger partial charge >= 0.3 is 0 Å². The topological polar surface area (TPSA) is 38.3 Å². The van der Waals surface area contributed by atoms with E-state index in [1.165, 1.54) is 18.2 Å². The van der Waals surface area contributed by atoms with Crippen molar-refractivity contribution < 1.29 is 14.0 Å². The zero-order valence-corrected chi connectivity index (χ0v) is 9.84. The van der Waals surface area contributed by atoms with Crippen molar-refractivity contribution in [3.05, 3.63) is 34.6 Å². The van der Waals surface area contributed by atoms with Crippen LogP contribution in [0.5, 0.6) is 0 Å². The highest BCUT2D eigenvalue weighted by Gasteiger charge is 2.13. The quantitative estimate of drug-likeness (QED) is 0.829. The third-order valence-corrected chi connectivity index (χ3v) is 2.07. The zero-order chi connectivity index (χ0) is 12.1. The first kappa shape index (κ1) is 12.9. The van der Waals surface area contributed by atoms with Crippen LogP contribution in [0.1, 0.15) is 24.2 Å². The van der Waals surface area contributed by atoms with E-state index in [0.717, 1.165) is 0 Å². The third kappa shape index (κ3) is 3.47. The Morgan fingerprint density at radius 1 is 1.56 bits per heavy atom. The molecule has 0 heterocycles. The van der Waals surface area contributed by atoms with Crippen LogP contribution in [-0.2, 0) is 4.84 Å². The Labute approximate surface area is 98.5 Å². The molecule has 88 valence electrons. The second-order valence-corrected chi connectivity index (χ2v) is 4.14. The summed E-state index contributed by atoms with van der Waals surface area (Å²) in [6.45, 7) is 4.24. The van der Waals surface area contributed by atoms with Gasteiger partial charge < -0.3 is 0 Å². The molecule has 0 saturated heterocycles. The van der Waals surface area contributed by atoms with Crippen LogP contribution in [0.2, 0.25) is 5.02 Å². The lowest BCUT2D eigenvalue weighted by Crippen LogP contribution is -2.26. The standard InChI is InChI=1S/C11H13ClFNO2/c1-7(2)6-16-14-11(15)8-4-3-5-9(12)10(8)13/h3-5,7H,6H2,1-2H3,(H,14,15). The highest BCUT2D eigenvalue weighted by molar-refractivity contribution is 6.31. The molecular weight excluding hydrogens is 233 g/mol. The number of amides is 1. The predicted molar refractivity (Wildman–Crippen MR) is 59.7 cm³/mol. The van der Waals surface area contributed by atoms with Gasteiger partial charge in [0.05, 0.1) is 17.2 Å². The van der Waals surface area contributed by atoms with Gasteiger partial charge in [-0.3, -0.25) is 9.63 Å². The maximum Gasteiger partial charge on any atom is 0.277 e. The van der Waals surface area contributed by atoms with Gasteiger partial charge in [-0.25, -0.2) is 9.87 Å². The largest absolute Gasteiger partial charge is 0.277 e. The molecule has 0 aliphatic rings. The van der Waals surface area contributed by atoms with Gasteiger partial charge in [0.1, 0.15) is 0 Å². The van der Waals surface area contributed by atoms with Gasteiger partial charge in [0.2, 0.25) is 0 Å². The summed E-state index contributed by atoms with van der Waals surface area (Å²) in [4.78, 5) is 16.4. The van der Waals surface area contributed by atoms with Crippen LogP contribution in [0.15, 0.2) is 18.2 Å². The summed E-state index contributed by atoms with van der Waals surface area (Å²) in [7, 11) is 0. The molecule has 0 bridgehead atoms. The highest BCUT2D eigenvalue weighted by atomic mass is 35.5. The average Bonchev–Trinajstić information content (AvgIpc) is 2.21. The number of rotatable bonds is 4. The second kappa shape index (κ2) is 5.82. The Morgan fingerprint density at radius 2 is 2.25 bits per heavy atom. The van der Waals surface area contributed by atoms with E-state index < -0.39 is 11.7 Å². The third-order valence-electron chi connectivity index (χ3n) is 1.78. The van der Waals surface area contributed by atoms with Crippen molar-refractivity contribution in [2.45, 2.75) is 13.8 Å². The molecule has 0 aromatic heterocycles. The second-order valence-electron chi connectivity index (χ2n) is 3.74. The van der Waals surface area contributed by atoms with Gasteiger partial charge in [-0.2, -0.15) is 0 Å². The normalized spacial score (nSPS) is 10.6. The Morgan fingerprint density at radius 3 is 2.88 bits per heavy atom. The molecule has 0 spiro atoms. The van der Waals surface area contributed by atoms with Crippen LogP contribution >= 0.6 is 11.6 Å². The lowest BCUT2D eigenvalue weighted by atomic mass is 10.2. The number of carbonyl (C=O) groups is 1. The van der Waals surface area contributed by atoms with Crippen molar-refractivity contribution in [2.24, 2.45) is 5.92 Å². The van der Waals surface area contributed by atoms with Crippen molar-refractivity contribution in [1.29, 1.82) is 0 Å². The summed E-state index contributed by atoms with van der Waals surface area (Å²) in [5.74, 6) is -1.10. The molecule has 1 aromatic carbocycles. The fraction of sp³-hybridized carbons (Fsp3) is 0.364. The van der Waals surface area contributed by atoms with Crippen LogP contribution in [0.25, 0.3) is 0 Å². The van der Waals surface area contributed by atoms with E-state index >= 15 is 0 Å². The molecule has 1 amide bonds. The summed E-state index contributed by atoms with van der Waals surface area (Å²) in [6.07, 6.45) is 0. The van der Waals surface area contributed by atoms with Crippen LogP contribution in [0, 0.1) is 11.7 Å². The molecule has 0 atom stereocenters. The predicted octanol–water partition coefficient (Wildman–Crippen LogP) is 2.80. The maximum absolute atomic E-state index is 13.4. The van der Waals surface area contributed by atoms with E-state index in [1.807, 2.05) is 13.8 Å². The molecule has 1 rings (SSSR count). The van der Waals surface area contributed by atoms with Crippen LogP contribution in [0.3, 0.4) is 0 Å². The first-order valence-electron chi connectivity index (χ1n) is 4.88. The summed E-state index contributed by atoms with van der Waals surface area (Å²) >= 11 is 5.55. The molecule has 0 fully saturated rings. The van der Waals surface area contributed by atoms with Gasteiger partial charge in [-0.15, -0.1) is 0 Å². The van der Waals surface area contributed by atoms with Gasteiger partial charge in [0.15, 0.2) is 5.82 Å². The molecule has 1 aromatic rings. The van der Waals surface area contributed by atoms with E-state index in [0.29, 0.717) is 6.61 Å². The zero-order valence-electron chi connectivity index (χ0n) is 9.09. The number of nitrogens with one attached hydrogen (secondary N) is 1. The number of carbonyl (C=O) groups excluding carboxylic acids is 1. The van der Waals surface area contributed by atoms with Crippen molar-refractivity contribution in [3.63, 3.8) is 0 Å². The first-order chi connectivity index (χ1) is 7.52. The van der Waals surface area contributed by atoms with Crippen LogP contribution in [0.4, 0.5) is 4.39 Å². The van der Waals surface area contributed by atoms with Crippen LogP contribution < -0.4 is 5.48 Å². The Hall–Kier alpha value is -1.13. The molecule has 0 aliphatic carbocycles. The summed E-state index contributed by atoms with van der Waals surface area (Å²) in [5, 5.41) is -0.0866. The molecule has 3 nitrogen and oxygen atoms in total. The molecule has 0 saturated carbocycles. The number of hydrogen-bond donors (Lipinski definition) is 1. The van der Waals surface area contributed by atoms with Crippen molar-refractivity contribution in [1.82, 2.24) is 5.48 Å². The number of hydrogen-bond acceptors (Lipinski definition) is 2. The van der Waals surface area contributed by atoms with Crippen LogP contribution in [-0.4, -0.2) is 12.5 Å². The minimum absolute atomic E-state index is 0.0866. The van der Waals surface area contributed by atoms with E-state index in [1.54, 1.807) is 0 Å². The molecule has 0 unspecified atom stereocenters. The van der Waals surface area contributed by atoms with E-state index in [9.17, 15) is 9.18 Å². The number of hydroxylamine groups is 1. The van der Waals surface area contributed by atoms with Gasteiger partial charge in [-0.1, -0.05) is 31.5 Å². The van der Waals surface area contributed by atoms with E-state index in [-0.39, 0.29) is 16.5 Å². The lowest BCUT2D eigenvalue weighted by Gasteiger charge is -2.08. The fourth-order valence-electron chi connectivity index (χ4n) is 1.01. The molecule has 0 radical (unpaired) electrons. The number of benzene rings is 1. The first-order valence-corrected chi connectivity index (χ1v) is 5.26. The molecule has 1 N–H and O–H groups in total. The molecule has 0 aliphatic heterocycles. The molecule has 16 heavy (non-hydrogen) atoms. The van der Waals surface area contributed by atoms with E-state index in [4.69, 9.17) is 16.4 Å². The smallest absolute Gasteiger partial charge is 0.273 e. The Kier molecular flexibility index (Phi) is 4.71. The SMILES string of the molecule is CC(C)CONC(=O)c1cccc(Cl)c1F. The average molecular weight is 246 g/mol. The van der Waals surface area contributed by atoms with Crippen molar-refractivity contribution >= 4 is 17.5 Å². The van der Waals surface area contributed by atoms with E-state index in [2.05, 4.69) is 5.48 Å². The molecule has 5 heteroatoms. The lowest BCUT2D eigenvalue weighted by molar-refractivity contribution is 0.0205. The van der Waals surface area contributed by atoms with Crippen molar-refractivity contribution in [2.75, 3.05) is 6.61 Å². The summed E-state index contributed by atoms with van der Waals surface area (Å²) in [5.41, 5.74) is 2.03. The summed E-state index contributed by atoms with van der Waals surface area (Å²) < 4.78 is 13.4.